The second-order valence-corrected chi connectivity index (χ2v) is 5.64. The number of hydrogen-bond donors (Lipinski definition) is 2. The van der Waals surface area contributed by atoms with E-state index >= 15 is 0 Å². The van der Waals surface area contributed by atoms with Gasteiger partial charge in [0.2, 0.25) is 5.95 Å². The maximum absolute atomic E-state index is 5.32. The summed E-state index contributed by atoms with van der Waals surface area (Å²) >= 11 is 3.42. The molecule has 0 bridgehead atoms. The molecule has 1 aromatic heterocycles. The van der Waals surface area contributed by atoms with E-state index in [0.29, 0.717) is 11.8 Å². The molecule has 0 aliphatic heterocycles. The van der Waals surface area contributed by atoms with Crippen molar-refractivity contribution in [1.82, 2.24) is 9.97 Å². The number of ether oxygens (including phenoxy) is 1. The zero-order valence-electron chi connectivity index (χ0n) is 12.5. The van der Waals surface area contributed by atoms with Crippen LogP contribution in [-0.2, 0) is 0 Å². The fraction of sp³-hybridized carbons (Fsp3) is 0.0588. The van der Waals surface area contributed by atoms with Gasteiger partial charge in [-0.1, -0.05) is 28.1 Å². The first kappa shape index (κ1) is 15.3. The van der Waals surface area contributed by atoms with Crippen LogP contribution in [0.3, 0.4) is 0 Å². The van der Waals surface area contributed by atoms with Gasteiger partial charge in [0.15, 0.2) is 0 Å². The highest BCUT2D eigenvalue weighted by atomic mass is 79.9. The zero-order chi connectivity index (χ0) is 16.1. The van der Waals surface area contributed by atoms with Crippen LogP contribution in [0.4, 0.5) is 23.1 Å². The van der Waals surface area contributed by atoms with Gasteiger partial charge in [0.1, 0.15) is 11.6 Å². The third-order valence-electron chi connectivity index (χ3n) is 3.13. The molecule has 2 N–H and O–H groups in total. The predicted molar refractivity (Wildman–Crippen MR) is 95.7 cm³/mol. The maximum atomic E-state index is 5.32. The Bertz CT molecular complexity index is 793. The van der Waals surface area contributed by atoms with Crippen molar-refractivity contribution in [2.45, 2.75) is 0 Å². The SMILES string of the molecule is COc1ccccc1Nc1nccc(Nc2ccc(Br)cc2)n1. The van der Waals surface area contributed by atoms with Gasteiger partial charge >= 0.3 is 0 Å². The van der Waals surface area contributed by atoms with E-state index in [0.717, 1.165) is 21.6 Å². The van der Waals surface area contributed by atoms with Crippen molar-refractivity contribution < 1.29 is 4.74 Å². The molecule has 1 heterocycles. The predicted octanol–water partition coefficient (Wildman–Crippen LogP) is 4.73. The molecule has 0 saturated heterocycles. The first-order valence-electron chi connectivity index (χ1n) is 7.00. The smallest absolute Gasteiger partial charge is 0.229 e. The van der Waals surface area contributed by atoms with Crippen molar-refractivity contribution in [1.29, 1.82) is 0 Å². The van der Waals surface area contributed by atoms with Gasteiger partial charge in [-0.3, -0.25) is 0 Å². The van der Waals surface area contributed by atoms with Gasteiger partial charge in [-0.25, -0.2) is 4.98 Å². The lowest BCUT2D eigenvalue weighted by molar-refractivity contribution is 0.417. The Kier molecular flexibility index (Phi) is 4.73. The monoisotopic (exact) mass is 370 g/mol. The van der Waals surface area contributed by atoms with Gasteiger partial charge in [0.05, 0.1) is 12.8 Å². The minimum Gasteiger partial charge on any atom is -0.495 e. The molecule has 0 atom stereocenters. The highest BCUT2D eigenvalue weighted by molar-refractivity contribution is 9.10. The first-order chi connectivity index (χ1) is 11.2. The summed E-state index contributed by atoms with van der Waals surface area (Å²) in [6.07, 6.45) is 1.70. The molecule has 5 nitrogen and oxygen atoms in total. The molecule has 116 valence electrons. The van der Waals surface area contributed by atoms with Crippen molar-refractivity contribution in [3.8, 4) is 5.75 Å². The molecule has 0 aliphatic carbocycles. The molecule has 3 aromatic rings. The van der Waals surface area contributed by atoms with Crippen LogP contribution in [0, 0.1) is 0 Å². The number of nitrogens with one attached hydrogen (secondary N) is 2. The molecule has 2 aromatic carbocycles. The minimum atomic E-state index is 0.497. The Labute approximate surface area is 142 Å². The Hall–Kier alpha value is -2.60. The van der Waals surface area contributed by atoms with E-state index in [2.05, 4.69) is 36.5 Å². The number of anilines is 4. The van der Waals surface area contributed by atoms with Crippen LogP contribution in [0.25, 0.3) is 0 Å². The van der Waals surface area contributed by atoms with Gasteiger partial charge in [0, 0.05) is 16.4 Å². The number of nitrogens with zero attached hydrogens (tertiary/aromatic N) is 2. The number of rotatable bonds is 5. The number of benzene rings is 2. The molecule has 0 amide bonds. The summed E-state index contributed by atoms with van der Waals surface area (Å²) in [5.74, 6) is 1.94. The van der Waals surface area contributed by atoms with Crippen molar-refractivity contribution in [3.05, 3.63) is 65.3 Å². The molecule has 23 heavy (non-hydrogen) atoms. The number of halogens is 1. The average Bonchev–Trinajstić information content (AvgIpc) is 2.58. The van der Waals surface area contributed by atoms with Crippen molar-refractivity contribution >= 4 is 39.1 Å². The molecule has 0 saturated carbocycles. The lowest BCUT2D eigenvalue weighted by atomic mass is 10.3. The van der Waals surface area contributed by atoms with Crippen LogP contribution < -0.4 is 15.4 Å². The van der Waals surface area contributed by atoms with Crippen LogP contribution in [0.5, 0.6) is 5.75 Å². The zero-order valence-corrected chi connectivity index (χ0v) is 14.0. The first-order valence-corrected chi connectivity index (χ1v) is 7.79. The van der Waals surface area contributed by atoms with Crippen LogP contribution in [0.15, 0.2) is 65.3 Å². The lowest BCUT2D eigenvalue weighted by Gasteiger charge is -2.11. The summed E-state index contributed by atoms with van der Waals surface area (Å²) in [5.41, 5.74) is 1.77. The highest BCUT2D eigenvalue weighted by Crippen LogP contribution is 2.26. The topological polar surface area (TPSA) is 59.1 Å². The quantitative estimate of drug-likeness (QED) is 0.679. The van der Waals surface area contributed by atoms with E-state index in [4.69, 9.17) is 4.74 Å². The standard InChI is InChI=1S/C17H15BrN4O/c1-23-15-5-3-2-4-14(15)21-17-19-11-10-16(22-17)20-13-8-6-12(18)7-9-13/h2-11H,1H3,(H2,19,20,21,22). The van der Waals surface area contributed by atoms with E-state index in [9.17, 15) is 0 Å². The van der Waals surface area contributed by atoms with Crippen LogP contribution >= 0.6 is 15.9 Å². The summed E-state index contributed by atoms with van der Waals surface area (Å²) < 4.78 is 6.35. The van der Waals surface area contributed by atoms with E-state index in [1.165, 1.54) is 0 Å². The number of aromatic nitrogens is 2. The third kappa shape index (κ3) is 3.98. The molecule has 0 radical (unpaired) electrons. The normalized spacial score (nSPS) is 10.2. The van der Waals surface area contributed by atoms with Crippen molar-refractivity contribution in [2.24, 2.45) is 0 Å². The largest absolute Gasteiger partial charge is 0.495 e. The molecule has 0 spiro atoms. The van der Waals surface area contributed by atoms with Crippen molar-refractivity contribution in [2.75, 3.05) is 17.7 Å². The Morgan fingerprint density at radius 1 is 0.957 bits per heavy atom. The number of para-hydroxylation sites is 2. The summed E-state index contributed by atoms with van der Waals surface area (Å²) in [6, 6.07) is 17.3. The molecule has 0 fully saturated rings. The van der Waals surface area contributed by atoms with Crippen LogP contribution in [0.2, 0.25) is 0 Å². The summed E-state index contributed by atoms with van der Waals surface area (Å²) in [4.78, 5) is 8.70. The van der Waals surface area contributed by atoms with E-state index in [1.807, 2.05) is 54.6 Å². The van der Waals surface area contributed by atoms with Gasteiger partial charge in [-0.05, 0) is 42.5 Å². The minimum absolute atomic E-state index is 0.497. The number of methoxy groups -OCH3 is 1. The van der Waals surface area contributed by atoms with E-state index in [1.54, 1.807) is 13.3 Å². The fourth-order valence-corrected chi connectivity index (χ4v) is 2.30. The van der Waals surface area contributed by atoms with Gasteiger partial charge < -0.3 is 15.4 Å². The molecular weight excluding hydrogens is 356 g/mol. The molecule has 0 unspecified atom stereocenters. The van der Waals surface area contributed by atoms with E-state index in [-0.39, 0.29) is 0 Å². The molecule has 0 aliphatic rings. The second kappa shape index (κ2) is 7.11. The Morgan fingerprint density at radius 3 is 2.52 bits per heavy atom. The highest BCUT2D eigenvalue weighted by Gasteiger charge is 2.05. The summed E-state index contributed by atoms with van der Waals surface area (Å²) in [7, 11) is 1.63. The molecular formula is C17H15BrN4O. The maximum Gasteiger partial charge on any atom is 0.229 e. The third-order valence-corrected chi connectivity index (χ3v) is 3.65. The lowest BCUT2D eigenvalue weighted by Crippen LogP contribution is -2.01. The summed E-state index contributed by atoms with van der Waals surface area (Å²) in [6.45, 7) is 0. The van der Waals surface area contributed by atoms with Crippen LogP contribution in [0.1, 0.15) is 0 Å². The number of hydrogen-bond acceptors (Lipinski definition) is 5. The second-order valence-electron chi connectivity index (χ2n) is 4.72. The fourth-order valence-electron chi connectivity index (χ4n) is 2.04. The van der Waals surface area contributed by atoms with Crippen molar-refractivity contribution in [3.63, 3.8) is 0 Å². The van der Waals surface area contributed by atoms with Gasteiger partial charge in [0.25, 0.3) is 0 Å². The average molecular weight is 371 g/mol. The summed E-state index contributed by atoms with van der Waals surface area (Å²) in [5, 5.41) is 6.41. The Morgan fingerprint density at radius 2 is 1.74 bits per heavy atom. The molecule has 6 heteroatoms. The van der Waals surface area contributed by atoms with Gasteiger partial charge in [-0.2, -0.15) is 4.98 Å². The van der Waals surface area contributed by atoms with Crippen LogP contribution in [-0.4, -0.2) is 17.1 Å². The Balaban J connectivity index is 1.78. The van der Waals surface area contributed by atoms with E-state index < -0.39 is 0 Å². The molecule has 3 rings (SSSR count). The van der Waals surface area contributed by atoms with Gasteiger partial charge in [-0.15, -0.1) is 0 Å².